The average molecular weight is 230 g/mol. The molecule has 1 aromatic carbocycles. The van der Waals surface area contributed by atoms with Gasteiger partial charge in [0.15, 0.2) is 0 Å². The summed E-state index contributed by atoms with van der Waals surface area (Å²) in [6.45, 7) is 4.32. The molecule has 1 heterocycles. The highest BCUT2D eigenvalue weighted by atomic mass is 15.4. The fourth-order valence-electron chi connectivity index (χ4n) is 2.25. The van der Waals surface area contributed by atoms with Crippen LogP contribution in [0, 0.1) is 6.92 Å². The molecule has 0 atom stereocenters. The Labute approximate surface area is 103 Å². The zero-order valence-corrected chi connectivity index (χ0v) is 11.1. The number of hydrogen-bond donors (Lipinski definition) is 0. The molecule has 0 bridgehead atoms. The zero-order chi connectivity index (χ0) is 12.4. The van der Waals surface area contributed by atoms with E-state index in [1.807, 2.05) is 11.7 Å². The van der Waals surface area contributed by atoms with Crippen molar-refractivity contribution in [2.24, 2.45) is 14.1 Å². The summed E-state index contributed by atoms with van der Waals surface area (Å²) in [4.78, 5) is 0. The lowest BCUT2D eigenvalue weighted by Crippen LogP contribution is -2.34. The highest BCUT2D eigenvalue weighted by molar-refractivity contribution is 5.57. The largest absolute Gasteiger partial charge is 0.277 e. The summed E-state index contributed by atoms with van der Waals surface area (Å²) in [7, 11) is 4.11. The zero-order valence-electron chi connectivity index (χ0n) is 11.1. The normalized spacial score (nSPS) is 10.8. The molecular formula is C14H20N3+. The van der Waals surface area contributed by atoms with Crippen molar-refractivity contribution in [3.05, 3.63) is 35.7 Å². The van der Waals surface area contributed by atoms with Crippen LogP contribution < -0.4 is 4.57 Å². The Morgan fingerprint density at radius 1 is 1.29 bits per heavy atom. The molecule has 0 saturated heterocycles. The molecule has 0 spiro atoms. The molecular weight excluding hydrogens is 210 g/mol. The van der Waals surface area contributed by atoms with Crippen molar-refractivity contribution in [1.29, 1.82) is 0 Å². The smallest absolute Gasteiger partial charge is 0.231 e. The van der Waals surface area contributed by atoms with Gasteiger partial charge in [-0.15, -0.1) is 4.68 Å². The van der Waals surface area contributed by atoms with E-state index in [1.165, 1.54) is 17.0 Å². The van der Waals surface area contributed by atoms with Crippen molar-refractivity contribution in [1.82, 2.24) is 9.78 Å². The van der Waals surface area contributed by atoms with Crippen LogP contribution in [0.4, 0.5) is 0 Å². The molecule has 0 aliphatic heterocycles. The van der Waals surface area contributed by atoms with Crippen molar-refractivity contribution in [3.63, 3.8) is 0 Å². The Morgan fingerprint density at radius 3 is 2.65 bits per heavy atom. The van der Waals surface area contributed by atoms with Gasteiger partial charge in [0.05, 0.1) is 19.7 Å². The third-order valence-corrected chi connectivity index (χ3v) is 3.14. The molecule has 2 aromatic rings. The van der Waals surface area contributed by atoms with Crippen LogP contribution in [0.2, 0.25) is 0 Å². The van der Waals surface area contributed by atoms with Crippen molar-refractivity contribution < 1.29 is 4.57 Å². The minimum atomic E-state index is 1.02. The highest BCUT2D eigenvalue weighted by Gasteiger charge is 2.22. The Kier molecular flexibility index (Phi) is 3.27. The maximum atomic E-state index is 4.60. The van der Waals surface area contributed by atoms with Crippen LogP contribution in [0.3, 0.4) is 0 Å². The Bertz CT molecular complexity index is 526. The Balaban J connectivity index is 2.56. The number of aryl methyl sites for hydroxylation is 3. The summed E-state index contributed by atoms with van der Waals surface area (Å²) in [5.41, 5.74) is 2.54. The van der Waals surface area contributed by atoms with Gasteiger partial charge in [-0.05, 0) is 25.0 Å². The molecule has 0 radical (unpaired) electrons. The van der Waals surface area contributed by atoms with Gasteiger partial charge in [-0.2, -0.15) is 0 Å². The van der Waals surface area contributed by atoms with Crippen LogP contribution in [0.15, 0.2) is 24.3 Å². The minimum Gasteiger partial charge on any atom is -0.231 e. The topological polar surface area (TPSA) is 21.7 Å². The van der Waals surface area contributed by atoms with Gasteiger partial charge in [-0.3, -0.25) is 0 Å². The summed E-state index contributed by atoms with van der Waals surface area (Å²) in [5.74, 6) is 2.32. The predicted octanol–water partition coefficient (Wildman–Crippen LogP) is 2.17. The summed E-state index contributed by atoms with van der Waals surface area (Å²) in [5, 5.41) is 4.60. The third kappa shape index (κ3) is 2.09. The van der Waals surface area contributed by atoms with Gasteiger partial charge < -0.3 is 0 Å². The van der Waals surface area contributed by atoms with Crippen LogP contribution in [0.1, 0.15) is 24.7 Å². The molecule has 90 valence electrons. The van der Waals surface area contributed by atoms with Crippen molar-refractivity contribution in [2.45, 2.75) is 26.7 Å². The molecule has 1 aromatic heterocycles. The molecule has 0 unspecified atom stereocenters. The maximum Gasteiger partial charge on any atom is 0.277 e. The van der Waals surface area contributed by atoms with Crippen molar-refractivity contribution in [3.8, 4) is 11.4 Å². The lowest BCUT2D eigenvalue weighted by Gasteiger charge is -2.02. The van der Waals surface area contributed by atoms with Crippen LogP contribution in [0.5, 0.6) is 0 Å². The van der Waals surface area contributed by atoms with Gasteiger partial charge in [-0.25, -0.2) is 4.57 Å². The fraction of sp³-hybridized carbons (Fsp3) is 0.429. The van der Waals surface area contributed by atoms with E-state index in [9.17, 15) is 0 Å². The third-order valence-electron chi connectivity index (χ3n) is 3.14. The van der Waals surface area contributed by atoms with E-state index in [-0.39, 0.29) is 0 Å². The molecule has 0 aliphatic rings. The number of hydrogen-bond acceptors (Lipinski definition) is 1. The predicted molar refractivity (Wildman–Crippen MR) is 68.6 cm³/mol. The van der Waals surface area contributed by atoms with Crippen molar-refractivity contribution in [2.75, 3.05) is 0 Å². The van der Waals surface area contributed by atoms with Gasteiger partial charge in [0.1, 0.15) is 0 Å². The van der Waals surface area contributed by atoms with Gasteiger partial charge in [-0.1, -0.05) is 25.1 Å². The van der Waals surface area contributed by atoms with Gasteiger partial charge in [0.2, 0.25) is 0 Å². The maximum absolute atomic E-state index is 4.60. The minimum absolute atomic E-state index is 1.02. The second kappa shape index (κ2) is 4.70. The van der Waals surface area contributed by atoms with Gasteiger partial charge in [0, 0.05) is 11.5 Å². The average Bonchev–Trinajstić information content (AvgIpc) is 2.57. The standard InChI is InChI=1S/C14H20N3/c1-5-8-13-15-17(4)14(16(13)3)12-10-7-6-9-11(12)2/h6-7,9-10H,5,8H2,1-4H3/q+1. The van der Waals surface area contributed by atoms with E-state index in [0.29, 0.717) is 0 Å². The molecule has 17 heavy (non-hydrogen) atoms. The van der Waals surface area contributed by atoms with E-state index in [4.69, 9.17) is 0 Å². The molecule has 0 aliphatic carbocycles. The lowest BCUT2D eigenvalue weighted by molar-refractivity contribution is -0.668. The Morgan fingerprint density at radius 2 is 2.00 bits per heavy atom. The van der Waals surface area contributed by atoms with Crippen LogP contribution in [0.25, 0.3) is 11.4 Å². The fourth-order valence-corrected chi connectivity index (χ4v) is 2.25. The first-order valence-electron chi connectivity index (χ1n) is 6.13. The number of aromatic nitrogens is 3. The van der Waals surface area contributed by atoms with Crippen LogP contribution in [-0.4, -0.2) is 9.78 Å². The van der Waals surface area contributed by atoms with E-state index >= 15 is 0 Å². The highest BCUT2D eigenvalue weighted by Crippen LogP contribution is 2.19. The second-order valence-electron chi connectivity index (χ2n) is 4.49. The van der Waals surface area contributed by atoms with E-state index in [1.54, 1.807) is 0 Å². The molecule has 3 heteroatoms. The summed E-state index contributed by atoms with van der Waals surface area (Å²) in [6.07, 6.45) is 2.15. The molecule has 0 fully saturated rings. The molecule has 3 nitrogen and oxygen atoms in total. The summed E-state index contributed by atoms with van der Waals surface area (Å²) >= 11 is 0. The quantitative estimate of drug-likeness (QED) is 0.741. The summed E-state index contributed by atoms with van der Waals surface area (Å²) < 4.78 is 4.18. The number of rotatable bonds is 3. The first-order valence-corrected chi connectivity index (χ1v) is 6.13. The van der Waals surface area contributed by atoms with E-state index in [0.717, 1.165) is 18.7 Å². The molecule has 0 amide bonds. The van der Waals surface area contributed by atoms with Crippen LogP contribution >= 0.6 is 0 Å². The van der Waals surface area contributed by atoms with E-state index < -0.39 is 0 Å². The Hall–Kier alpha value is -1.64. The second-order valence-corrected chi connectivity index (χ2v) is 4.49. The monoisotopic (exact) mass is 230 g/mol. The number of benzene rings is 1. The van der Waals surface area contributed by atoms with Gasteiger partial charge >= 0.3 is 0 Å². The SMILES string of the molecule is CCCc1nn(C)c(-c2ccccc2C)[n+]1C. The number of nitrogens with zero attached hydrogens (tertiary/aromatic N) is 3. The van der Waals surface area contributed by atoms with Crippen molar-refractivity contribution >= 4 is 0 Å². The van der Waals surface area contributed by atoms with E-state index in [2.05, 4.69) is 54.8 Å². The molecule has 0 saturated carbocycles. The summed E-state index contributed by atoms with van der Waals surface area (Å²) in [6, 6.07) is 8.45. The molecule has 2 rings (SSSR count). The first-order chi connectivity index (χ1) is 8.15. The lowest BCUT2D eigenvalue weighted by atomic mass is 10.1. The first kappa shape index (κ1) is 11.8. The molecule has 0 N–H and O–H groups in total. The van der Waals surface area contributed by atoms with Gasteiger partial charge in [0.25, 0.3) is 11.6 Å². The van der Waals surface area contributed by atoms with Crippen LogP contribution in [-0.2, 0) is 20.5 Å².